The molecule has 39 heavy (non-hydrogen) atoms. The van der Waals surface area contributed by atoms with Crippen LogP contribution < -0.4 is 5.32 Å². The SMILES string of the molecule is O=C(c1ccc(NC2CN(C3CCN(C(=O)C(C4=CCCC=C4)C(F)(F)F)CC3)C2)cc1Cl)N1CC(F)(F)C1. The van der Waals surface area contributed by atoms with Gasteiger partial charge >= 0.3 is 6.18 Å². The molecule has 0 spiro atoms. The van der Waals surface area contributed by atoms with E-state index < -0.39 is 42.9 Å². The van der Waals surface area contributed by atoms with Crippen LogP contribution in [0.4, 0.5) is 27.6 Å². The van der Waals surface area contributed by atoms with Crippen LogP contribution in [0.2, 0.25) is 5.02 Å². The Morgan fingerprint density at radius 2 is 1.74 bits per heavy atom. The lowest BCUT2D eigenvalue weighted by atomic mass is 9.90. The topological polar surface area (TPSA) is 55.9 Å². The zero-order valence-corrected chi connectivity index (χ0v) is 21.9. The zero-order valence-electron chi connectivity index (χ0n) is 21.2. The Kier molecular flexibility index (Phi) is 7.67. The fraction of sp³-hybridized carbons (Fsp3) is 0.556. The van der Waals surface area contributed by atoms with Crippen molar-refractivity contribution >= 4 is 29.1 Å². The molecule has 0 saturated carbocycles. The number of carbonyl (C=O) groups excluding carboxylic acids is 2. The molecule has 0 bridgehead atoms. The molecule has 1 N–H and O–H groups in total. The Balaban J connectivity index is 1.09. The van der Waals surface area contributed by atoms with Gasteiger partial charge in [0.2, 0.25) is 5.91 Å². The molecule has 212 valence electrons. The highest BCUT2D eigenvalue weighted by Gasteiger charge is 2.49. The average Bonchev–Trinajstić information content (AvgIpc) is 2.84. The van der Waals surface area contributed by atoms with E-state index in [0.29, 0.717) is 31.4 Å². The fourth-order valence-corrected chi connectivity index (χ4v) is 5.96. The van der Waals surface area contributed by atoms with Gasteiger partial charge in [0.15, 0.2) is 5.92 Å². The molecular formula is C27H30ClF5N4O2. The minimum Gasteiger partial charge on any atom is -0.380 e. The Hall–Kier alpha value is -2.66. The summed E-state index contributed by atoms with van der Waals surface area (Å²) in [6.45, 7) is 0.813. The molecule has 3 fully saturated rings. The number of benzene rings is 1. The van der Waals surface area contributed by atoms with E-state index in [2.05, 4.69) is 10.2 Å². The molecule has 0 radical (unpaired) electrons. The van der Waals surface area contributed by atoms with Crippen LogP contribution in [-0.2, 0) is 4.79 Å². The minimum absolute atomic E-state index is 0.0390. The van der Waals surface area contributed by atoms with E-state index in [1.807, 2.05) is 0 Å². The van der Waals surface area contributed by atoms with Crippen LogP contribution >= 0.6 is 11.6 Å². The molecule has 3 aliphatic heterocycles. The standard InChI is InChI=1S/C27H30ClF5N4O2/c28-22-12-18(6-7-21(22)24(38)37-15-26(29,30)16-37)34-19-13-36(14-19)20-8-10-35(11-9-20)25(39)23(27(31,32)33)17-4-2-1-3-5-17/h2,4-7,12,19-20,23,34H,1,3,8-11,13-16H2. The third-order valence-electron chi connectivity index (χ3n) is 7.84. The third kappa shape index (κ3) is 6.09. The maximum atomic E-state index is 13.8. The van der Waals surface area contributed by atoms with Crippen LogP contribution in [0.1, 0.15) is 36.0 Å². The second-order valence-corrected chi connectivity index (χ2v) is 11.1. The molecule has 1 aromatic rings. The van der Waals surface area contributed by atoms with Gasteiger partial charge in [-0.1, -0.05) is 29.8 Å². The highest BCUT2D eigenvalue weighted by molar-refractivity contribution is 6.34. The summed E-state index contributed by atoms with van der Waals surface area (Å²) in [5.74, 6) is -6.35. The van der Waals surface area contributed by atoms with Crippen LogP contribution in [0.25, 0.3) is 0 Å². The quantitative estimate of drug-likeness (QED) is 0.489. The van der Waals surface area contributed by atoms with Crippen molar-refractivity contribution in [3.8, 4) is 0 Å². The van der Waals surface area contributed by atoms with E-state index in [1.165, 1.54) is 23.1 Å². The Morgan fingerprint density at radius 3 is 2.31 bits per heavy atom. The van der Waals surface area contributed by atoms with Gasteiger partial charge in [0.05, 0.1) is 29.7 Å². The van der Waals surface area contributed by atoms with Crippen molar-refractivity contribution in [2.75, 3.05) is 44.6 Å². The van der Waals surface area contributed by atoms with E-state index in [9.17, 15) is 31.5 Å². The van der Waals surface area contributed by atoms with Crippen molar-refractivity contribution in [1.29, 1.82) is 0 Å². The van der Waals surface area contributed by atoms with E-state index in [1.54, 1.807) is 18.2 Å². The summed E-state index contributed by atoms with van der Waals surface area (Å²) in [5, 5.41) is 3.53. The van der Waals surface area contributed by atoms with Gasteiger partial charge in [-0.3, -0.25) is 14.5 Å². The molecule has 1 unspecified atom stereocenters. The van der Waals surface area contributed by atoms with Gasteiger partial charge in [-0.15, -0.1) is 0 Å². The van der Waals surface area contributed by atoms with Gasteiger partial charge in [0.1, 0.15) is 0 Å². The Bertz CT molecular complexity index is 1170. The van der Waals surface area contributed by atoms with Crippen LogP contribution in [0, 0.1) is 5.92 Å². The number of hydrogen-bond acceptors (Lipinski definition) is 4. The molecule has 1 aliphatic carbocycles. The Labute approximate surface area is 228 Å². The summed E-state index contributed by atoms with van der Waals surface area (Å²) < 4.78 is 67.5. The smallest absolute Gasteiger partial charge is 0.380 e. The van der Waals surface area contributed by atoms with E-state index in [4.69, 9.17) is 11.6 Å². The zero-order chi connectivity index (χ0) is 27.9. The van der Waals surface area contributed by atoms with Crippen molar-refractivity contribution in [3.63, 3.8) is 0 Å². The largest absolute Gasteiger partial charge is 0.404 e. The fourth-order valence-electron chi connectivity index (χ4n) is 5.70. The molecule has 6 nitrogen and oxygen atoms in total. The van der Waals surface area contributed by atoms with Gasteiger partial charge < -0.3 is 15.1 Å². The van der Waals surface area contributed by atoms with E-state index in [0.717, 1.165) is 18.0 Å². The summed E-state index contributed by atoms with van der Waals surface area (Å²) >= 11 is 6.26. The summed E-state index contributed by atoms with van der Waals surface area (Å²) in [4.78, 5) is 29.9. The summed E-state index contributed by atoms with van der Waals surface area (Å²) in [6, 6.07) is 5.13. The van der Waals surface area contributed by atoms with Crippen LogP contribution in [0.3, 0.4) is 0 Å². The normalized spacial score (nSPS) is 23.1. The van der Waals surface area contributed by atoms with E-state index in [-0.39, 0.29) is 41.3 Å². The number of carbonyl (C=O) groups is 2. The number of hydrogen-bond donors (Lipinski definition) is 1. The van der Waals surface area contributed by atoms with Crippen molar-refractivity contribution in [2.45, 2.75) is 49.9 Å². The lowest BCUT2D eigenvalue weighted by Gasteiger charge is -2.47. The molecule has 0 aromatic heterocycles. The lowest BCUT2D eigenvalue weighted by Crippen LogP contribution is -2.61. The molecule has 3 saturated heterocycles. The monoisotopic (exact) mass is 572 g/mol. The van der Waals surface area contributed by atoms with E-state index >= 15 is 0 Å². The molecule has 1 atom stereocenters. The van der Waals surface area contributed by atoms with Gasteiger partial charge in [0.25, 0.3) is 11.8 Å². The van der Waals surface area contributed by atoms with Gasteiger partial charge in [-0.2, -0.15) is 13.2 Å². The molecule has 12 heteroatoms. The first-order valence-electron chi connectivity index (χ1n) is 13.1. The number of likely N-dealkylation sites (tertiary alicyclic amines) is 3. The number of anilines is 1. The number of nitrogens with zero attached hydrogens (tertiary/aromatic N) is 3. The maximum Gasteiger partial charge on any atom is 0.404 e. The summed E-state index contributed by atoms with van der Waals surface area (Å²) in [6.07, 6.45) is 2.39. The second kappa shape index (κ2) is 10.7. The number of allylic oxidation sites excluding steroid dienone is 3. The second-order valence-electron chi connectivity index (χ2n) is 10.7. The highest BCUT2D eigenvalue weighted by Crippen LogP contribution is 2.37. The third-order valence-corrected chi connectivity index (χ3v) is 8.15. The maximum absolute atomic E-state index is 13.8. The predicted octanol–water partition coefficient (Wildman–Crippen LogP) is 4.97. The number of nitrogens with one attached hydrogen (secondary N) is 1. The van der Waals surface area contributed by atoms with Gasteiger partial charge in [-0.25, -0.2) is 8.78 Å². The minimum atomic E-state index is -4.63. The van der Waals surface area contributed by atoms with Crippen molar-refractivity contribution < 1.29 is 31.5 Å². The van der Waals surface area contributed by atoms with Crippen LogP contribution in [0.5, 0.6) is 0 Å². The highest BCUT2D eigenvalue weighted by atomic mass is 35.5. The molecule has 2 amide bonds. The van der Waals surface area contributed by atoms with Gasteiger partial charge in [-0.05, 0) is 49.5 Å². The van der Waals surface area contributed by atoms with Crippen molar-refractivity contribution in [2.24, 2.45) is 5.92 Å². The number of amides is 2. The number of halogens is 6. The first-order chi connectivity index (χ1) is 18.4. The Morgan fingerprint density at radius 1 is 1.05 bits per heavy atom. The number of rotatable bonds is 6. The molecular weight excluding hydrogens is 543 g/mol. The summed E-state index contributed by atoms with van der Waals surface area (Å²) in [5.41, 5.74) is 0.926. The van der Waals surface area contributed by atoms with Crippen molar-refractivity contribution in [1.82, 2.24) is 14.7 Å². The van der Waals surface area contributed by atoms with Crippen LogP contribution in [0.15, 0.2) is 42.0 Å². The predicted molar refractivity (Wildman–Crippen MR) is 137 cm³/mol. The lowest BCUT2D eigenvalue weighted by molar-refractivity contribution is -0.182. The molecule has 3 heterocycles. The molecule has 1 aromatic carbocycles. The van der Waals surface area contributed by atoms with Crippen molar-refractivity contribution in [3.05, 3.63) is 52.6 Å². The molecule has 4 aliphatic rings. The average molecular weight is 573 g/mol. The first-order valence-corrected chi connectivity index (χ1v) is 13.5. The van der Waals surface area contributed by atoms with Gasteiger partial charge in [0, 0.05) is 37.9 Å². The first kappa shape index (κ1) is 27.9. The molecule has 5 rings (SSSR count). The summed E-state index contributed by atoms with van der Waals surface area (Å²) in [7, 11) is 0. The number of alkyl halides is 5. The van der Waals surface area contributed by atoms with Crippen LogP contribution in [-0.4, -0.2) is 90.0 Å². The number of piperidine rings is 1.